The lowest BCUT2D eigenvalue weighted by atomic mass is 10.1. The van der Waals surface area contributed by atoms with Gasteiger partial charge in [-0.15, -0.1) is 11.8 Å². The standard InChI is InChI=1S/C26H22O4S2/c27-26(28)25-17-23(31-15-14-19-6-2-1-3-7-19)12-10-22(25)18-32(29,30)24-13-11-20-8-4-5-9-21(20)16-24/h1-13,16-17H,14-15,18H2,(H,27,28). The molecule has 4 aromatic carbocycles. The van der Waals surface area contributed by atoms with E-state index in [-0.39, 0.29) is 21.8 Å². The highest BCUT2D eigenvalue weighted by Crippen LogP contribution is 2.27. The highest BCUT2D eigenvalue weighted by Gasteiger charge is 2.20. The van der Waals surface area contributed by atoms with Crippen molar-refractivity contribution in [3.05, 3.63) is 108 Å². The highest BCUT2D eigenvalue weighted by atomic mass is 32.2. The topological polar surface area (TPSA) is 71.4 Å². The van der Waals surface area contributed by atoms with Crippen LogP contribution in [0.4, 0.5) is 0 Å². The van der Waals surface area contributed by atoms with Gasteiger partial charge in [0.1, 0.15) is 0 Å². The smallest absolute Gasteiger partial charge is 0.336 e. The van der Waals surface area contributed by atoms with Gasteiger partial charge >= 0.3 is 5.97 Å². The lowest BCUT2D eigenvalue weighted by Crippen LogP contribution is -2.10. The first kappa shape index (κ1) is 22.1. The van der Waals surface area contributed by atoms with E-state index in [9.17, 15) is 18.3 Å². The van der Waals surface area contributed by atoms with E-state index in [1.54, 1.807) is 48.2 Å². The second-order valence-corrected chi connectivity index (χ2v) is 10.6. The molecule has 0 aliphatic rings. The normalized spacial score (nSPS) is 11.5. The molecule has 6 heteroatoms. The Hall–Kier alpha value is -3.09. The van der Waals surface area contributed by atoms with Crippen LogP contribution in [-0.4, -0.2) is 25.2 Å². The highest BCUT2D eigenvalue weighted by molar-refractivity contribution is 7.99. The summed E-state index contributed by atoms with van der Waals surface area (Å²) in [6.07, 6.45) is 0.867. The lowest BCUT2D eigenvalue weighted by Gasteiger charge is -2.11. The first-order valence-corrected chi connectivity index (χ1v) is 12.8. The summed E-state index contributed by atoms with van der Waals surface area (Å²) in [4.78, 5) is 12.9. The molecule has 0 atom stereocenters. The van der Waals surface area contributed by atoms with Crippen molar-refractivity contribution >= 4 is 38.3 Å². The van der Waals surface area contributed by atoms with Crippen LogP contribution in [0, 0.1) is 0 Å². The summed E-state index contributed by atoms with van der Waals surface area (Å²) in [5.41, 5.74) is 1.54. The molecule has 0 amide bonds. The molecule has 4 aromatic rings. The van der Waals surface area contributed by atoms with Gasteiger partial charge in [0, 0.05) is 10.6 Å². The average molecular weight is 463 g/mol. The third-order valence-electron chi connectivity index (χ3n) is 5.24. The minimum Gasteiger partial charge on any atom is -0.478 e. The zero-order valence-corrected chi connectivity index (χ0v) is 18.9. The Kier molecular flexibility index (Phi) is 6.63. The van der Waals surface area contributed by atoms with E-state index in [0.717, 1.165) is 27.8 Å². The maximum Gasteiger partial charge on any atom is 0.336 e. The predicted molar refractivity (Wildman–Crippen MR) is 129 cm³/mol. The molecule has 32 heavy (non-hydrogen) atoms. The number of sulfone groups is 1. The van der Waals surface area contributed by atoms with E-state index in [2.05, 4.69) is 12.1 Å². The number of carboxylic acids is 1. The molecule has 0 fully saturated rings. The zero-order chi connectivity index (χ0) is 22.6. The van der Waals surface area contributed by atoms with Crippen LogP contribution < -0.4 is 0 Å². The minimum atomic E-state index is -3.70. The van der Waals surface area contributed by atoms with Gasteiger partial charge in [-0.3, -0.25) is 0 Å². The van der Waals surface area contributed by atoms with Gasteiger partial charge in [0.15, 0.2) is 9.84 Å². The van der Waals surface area contributed by atoms with Crippen molar-refractivity contribution in [3.8, 4) is 0 Å². The third kappa shape index (κ3) is 5.21. The maximum absolute atomic E-state index is 13.0. The molecule has 4 nitrogen and oxygen atoms in total. The fourth-order valence-corrected chi connectivity index (χ4v) is 5.90. The fraction of sp³-hybridized carbons (Fsp3) is 0.115. The Balaban J connectivity index is 1.53. The second-order valence-electron chi connectivity index (χ2n) is 7.48. The molecule has 162 valence electrons. The van der Waals surface area contributed by atoms with Crippen molar-refractivity contribution in [2.75, 3.05) is 5.75 Å². The Morgan fingerprint density at radius 1 is 0.812 bits per heavy atom. The van der Waals surface area contributed by atoms with Crippen LogP contribution in [0.5, 0.6) is 0 Å². The molecule has 0 aliphatic carbocycles. The van der Waals surface area contributed by atoms with Gasteiger partial charge in [0.25, 0.3) is 0 Å². The molecular formula is C26H22O4S2. The van der Waals surface area contributed by atoms with Crippen LogP contribution in [0.15, 0.2) is 101 Å². The molecule has 0 saturated heterocycles. The van der Waals surface area contributed by atoms with E-state index in [1.165, 1.54) is 5.56 Å². The summed E-state index contributed by atoms with van der Waals surface area (Å²) >= 11 is 1.56. The summed E-state index contributed by atoms with van der Waals surface area (Å²) in [7, 11) is -3.70. The van der Waals surface area contributed by atoms with Gasteiger partial charge in [0.05, 0.1) is 16.2 Å². The molecular weight excluding hydrogens is 440 g/mol. The van der Waals surface area contributed by atoms with Crippen molar-refractivity contribution < 1.29 is 18.3 Å². The number of benzene rings is 4. The Morgan fingerprint density at radius 3 is 2.28 bits per heavy atom. The number of aryl methyl sites for hydroxylation is 1. The van der Waals surface area contributed by atoms with Crippen molar-refractivity contribution in [2.45, 2.75) is 22.0 Å². The summed E-state index contributed by atoms with van der Waals surface area (Å²) < 4.78 is 26.1. The van der Waals surface area contributed by atoms with Gasteiger partial charge in [-0.05, 0) is 52.6 Å². The summed E-state index contributed by atoms with van der Waals surface area (Å²) in [5.74, 6) is -0.682. The molecule has 0 heterocycles. The first-order valence-electron chi connectivity index (χ1n) is 10.2. The fourth-order valence-electron chi connectivity index (χ4n) is 3.55. The number of carboxylic acid groups (broad SMARTS) is 1. The van der Waals surface area contributed by atoms with Crippen LogP contribution in [0.2, 0.25) is 0 Å². The van der Waals surface area contributed by atoms with E-state index in [0.29, 0.717) is 0 Å². The van der Waals surface area contributed by atoms with Crippen LogP contribution in [0.25, 0.3) is 10.8 Å². The predicted octanol–water partition coefficient (Wildman–Crippen LogP) is 5.85. The van der Waals surface area contributed by atoms with E-state index in [4.69, 9.17) is 0 Å². The number of thioether (sulfide) groups is 1. The molecule has 0 saturated carbocycles. The number of rotatable bonds is 8. The van der Waals surface area contributed by atoms with Crippen LogP contribution >= 0.6 is 11.8 Å². The monoisotopic (exact) mass is 462 g/mol. The Bertz CT molecular complexity index is 1360. The quantitative estimate of drug-likeness (QED) is 0.333. The van der Waals surface area contributed by atoms with Crippen LogP contribution in [0.1, 0.15) is 21.5 Å². The van der Waals surface area contributed by atoms with E-state index < -0.39 is 15.8 Å². The molecule has 0 spiro atoms. The van der Waals surface area contributed by atoms with E-state index in [1.807, 2.05) is 42.5 Å². The zero-order valence-electron chi connectivity index (χ0n) is 17.3. The van der Waals surface area contributed by atoms with Gasteiger partial charge in [-0.2, -0.15) is 0 Å². The van der Waals surface area contributed by atoms with Gasteiger partial charge < -0.3 is 5.11 Å². The van der Waals surface area contributed by atoms with Crippen LogP contribution in [-0.2, 0) is 22.0 Å². The summed E-state index contributed by atoms with van der Waals surface area (Å²) in [6, 6.07) is 27.6. The van der Waals surface area contributed by atoms with Crippen molar-refractivity contribution in [3.63, 3.8) is 0 Å². The number of hydrogen-bond donors (Lipinski definition) is 1. The average Bonchev–Trinajstić information content (AvgIpc) is 2.80. The molecule has 4 rings (SSSR count). The molecule has 0 radical (unpaired) electrons. The molecule has 0 aromatic heterocycles. The van der Waals surface area contributed by atoms with Gasteiger partial charge in [-0.25, -0.2) is 13.2 Å². The SMILES string of the molecule is O=C(O)c1cc(SCCc2ccccc2)ccc1CS(=O)(=O)c1ccc2ccccc2c1. The Labute approximate surface area is 191 Å². The van der Waals surface area contributed by atoms with Crippen molar-refractivity contribution in [1.82, 2.24) is 0 Å². The molecule has 1 N–H and O–H groups in total. The number of hydrogen-bond acceptors (Lipinski definition) is 4. The number of fused-ring (bicyclic) bond motifs is 1. The molecule has 0 aliphatic heterocycles. The Morgan fingerprint density at radius 2 is 1.53 bits per heavy atom. The van der Waals surface area contributed by atoms with Crippen molar-refractivity contribution in [2.24, 2.45) is 0 Å². The summed E-state index contributed by atoms with van der Waals surface area (Å²) in [5, 5.41) is 11.5. The third-order valence-corrected chi connectivity index (χ3v) is 7.90. The maximum atomic E-state index is 13.0. The first-order chi connectivity index (χ1) is 15.4. The van der Waals surface area contributed by atoms with Gasteiger partial charge in [-0.1, -0.05) is 66.7 Å². The molecule has 0 bridgehead atoms. The summed E-state index contributed by atoms with van der Waals surface area (Å²) in [6.45, 7) is 0. The van der Waals surface area contributed by atoms with Crippen LogP contribution in [0.3, 0.4) is 0 Å². The largest absolute Gasteiger partial charge is 0.478 e. The van der Waals surface area contributed by atoms with Crippen molar-refractivity contribution in [1.29, 1.82) is 0 Å². The number of carbonyl (C=O) groups is 1. The lowest BCUT2D eigenvalue weighted by molar-refractivity contribution is 0.0695. The molecule has 0 unspecified atom stereocenters. The van der Waals surface area contributed by atoms with E-state index >= 15 is 0 Å². The minimum absolute atomic E-state index is 0.0269. The number of aromatic carboxylic acids is 1. The van der Waals surface area contributed by atoms with Gasteiger partial charge in [0.2, 0.25) is 0 Å². The second kappa shape index (κ2) is 9.59.